The average Bonchev–Trinajstić information content (AvgIpc) is 1.59. The van der Waals surface area contributed by atoms with Crippen molar-refractivity contribution in [3.05, 3.63) is 99.3 Å². The maximum atomic E-state index is 15.3. The molecule has 0 bridgehead atoms. The Morgan fingerprint density at radius 3 is 1.03 bits per heavy atom. The Balaban J connectivity index is 0.000000306. The fourth-order valence-corrected chi connectivity index (χ4v) is 14.8. The van der Waals surface area contributed by atoms with E-state index in [1.807, 2.05) is 0 Å². The lowest BCUT2D eigenvalue weighted by atomic mass is 10.1. The summed E-state index contributed by atoms with van der Waals surface area (Å²) in [6.07, 6.45) is -23.6. The van der Waals surface area contributed by atoms with Crippen LogP contribution in [0.15, 0.2) is 65.6 Å². The number of aliphatic hydroxyl groups excluding tert-OH is 6. The van der Waals surface area contributed by atoms with Crippen LogP contribution >= 0.6 is 70.4 Å². The molecule has 516 valence electrons. The molecule has 51 nitrogen and oxygen atoms in total. The van der Waals surface area contributed by atoms with Crippen LogP contribution in [-0.4, -0.2) is 192 Å². The topological polar surface area (TPSA) is 793 Å². The fraction of sp³-hybridized carbons (Fsp3) is 0.556. The molecule has 3 aliphatic heterocycles. The maximum absolute atomic E-state index is 15.3. The standard InChI is InChI=1S/3C9H14FN2O15P3/c3*10-9(3-24-29(20,21)27-30(22,23)26-28(17,18)19)6(15)5(14)7(25-9)12-2-1-4(13)11-8(12)16/h3*1-2,5-7,14-15H,3H2,(H,20,21)(H,22,23)(H,11,13,16)(H2,17,18,19)/t3*5-,6+,7-,9-/m111/s1/i3D2,7D;7D;3D2. The van der Waals surface area contributed by atoms with Gasteiger partial charge in [-0.25, -0.2) is 68.6 Å². The van der Waals surface area contributed by atoms with Crippen molar-refractivity contribution in [2.75, 3.05) is 19.7 Å². The smallest absolute Gasteiger partial charge is 0.385 e. The molecule has 6 unspecified atom stereocenters. The van der Waals surface area contributed by atoms with Gasteiger partial charge in [0.2, 0.25) is 0 Å². The molecule has 63 heteroatoms. The van der Waals surface area contributed by atoms with Gasteiger partial charge in [-0.1, -0.05) is 0 Å². The van der Waals surface area contributed by atoms with E-state index in [9.17, 15) is 120 Å². The third-order valence-corrected chi connectivity index (χ3v) is 20.3. The Bertz CT molecular complexity index is 4260. The van der Waals surface area contributed by atoms with Crippen molar-refractivity contribution in [3.8, 4) is 0 Å². The summed E-state index contributed by atoms with van der Waals surface area (Å²) in [5, 5.41) is 59.7. The molecule has 3 saturated heterocycles. The largest absolute Gasteiger partial charge is 0.490 e. The monoisotopic (exact) mass is 1510 g/mol. The molecule has 18 atom stereocenters. The molecule has 0 aliphatic carbocycles. The minimum atomic E-state index is -6.34. The Hall–Kier alpha value is -3.30. The van der Waals surface area contributed by atoms with E-state index in [1.165, 1.54) is 0 Å². The Labute approximate surface area is 495 Å². The lowest BCUT2D eigenvalue weighted by molar-refractivity contribution is -0.205. The van der Waals surface area contributed by atoms with E-state index in [0.717, 1.165) is 0 Å². The zero-order chi connectivity index (χ0) is 74.8. The van der Waals surface area contributed by atoms with Gasteiger partial charge in [0.15, 0.2) is 18.6 Å². The summed E-state index contributed by atoms with van der Waals surface area (Å²) in [5.74, 6) is -12.5. The van der Waals surface area contributed by atoms with Crippen LogP contribution in [0.3, 0.4) is 0 Å². The molecule has 6 heterocycles. The first kappa shape index (κ1) is 69.5. The SMILES string of the molecule is [2H]C([2H])(OP(=O)(O)OP(=O)(O)OP(=O)(O)O)[C@@]1(F)O[C@@H](n2ccc(=O)[nH]c2=O)[C@H](O)[C@@H]1O.[2H]C([2H])(OP(=O)(O)OP(=O)(O)OP(=O)(O)O)[C@@]1(F)O[C@@]([2H])(n2ccc(=O)[nH]c2=O)[C@H](O)[C@@H]1O.[2H][C@@]1(n2ccc(=O)[nH]c2=O)O[C@](F)(COP(=O)(O)OP(=O)(O)OP(=O)(O)O)[C@@H](O)[C@H]1O. The van der Waals surface area contributed by atoms with Crippen LogP contribution < -0.4 is 33.7 Å². The molecule has 3 aliphatic rings. The fourth-order valence-electron chi connectivity index (χ4n) is 5.97. The molecular formula is C27H42F3N6O45P9. The van der Waals surface area contributed by atoms with Crippen LogP contribution in [0.5, 0.6) is 0 Å². The zero-order valence-electron chi connectivity index (χ0n) is 47.8. The van der Waals surface area contributed by atoms with Gasteiger partial charge in [-0.05, 0) is 0 Å². The van der Waals surface area contributed by atoms with Crippen LogP contribution in [0, 0.1) is 0 Å². The Morgan fingerprint density at radius 2 is 0.711 bits per heavy atom. The predicted octanol–water partition coefficient (Wildman–Crippen LogP) is -6.61. The number of ether oxygens (including phenoxy) is 3. The van der Waals surface area contributed by atoms with Gasteiger partial charge in [-0.15, -0.1) is 0 Å². The molecule has 0 amide bonds. The van der Waals surface area contributed by atoms with Crippen molar-refractivity contribution in [1.29, 1.82) is 0 Å². The van der Waals surface area contributed by atoms with Crippen molar-refractivity contribution in [3.63, 3.8) is 0 Å². The first-order valence-electron chi connectivity index (χ1n) is 24.2. The van der Waals surface area contributed by atoms with Crippen LogP contribution in [0.4, 0.5) is 13.2 Å². The quantitative estimate of drug-likeness (QED) is 0.0371. The second-order valence-electron chi connectivity index (χ2n) is 16.1. The van der Waals surface area contributed by atoms with E-state index in [0.29, 0.717) is 41.4 Å². The number of aromatic amines is 3. The number of aliphatic hydroxyl groups is 6. The van der Waals surface area contributed by atoms with Crippen LogP contribution in [0.2, 0.25) is 0 Å². The van der Waals surface area contributed by atoms with Gasteiger partial charge in [0.1, 0.15) is 56.3 Å². The molecule has 0 saturated carbocycles. The molecule has 0 spiro atoms. The lowest BCUT2D eigenvalue weighted by Gasteiger charge is -2.24. The lowest BCUT2D eigenvalue weighted by Crippen LogP contribution is -2.43. The molecule has 0 aromatic carbocycles. The van der Waals surface area contributed by atoms with E-state index in [4.69, 9.17) is 52.3 Å². The third-order valence-electron chi connectivity index (χ3n) is 9.26. The van der Waals surface area contributed by atoms with Gasteiger partial charge in [0, 0.05) is 36.8 Å². The summed E-state index contributed by atoms with van der Waals surface area (Å²) < 4.78 is 238. The number of phosphoric ester groups is 3. The van der Waals surface area contributed by atoms with E-state index in [-0.39, 0.29) is 9.13 Å². The first-order valence-corrected chi connectivity index (χ1v) is 34.8. The number of rotatable bonds is 24. The van der Waals surface area contributed by atoms with Gasteiger partial charge in [-0.3, -0.25) is 56.6 Å². The molecular weight excluding hydrogens is 1460 g/mol. The molecule has 3 aromatic heterocycles. The van der Waals surface area contributed by atoms with Crippen molar-refractivity contribution in [1.82, 2.24) is 28.7 Å². The van der Waals surface area contributed by atoms with E-state index < -0.39 is 197 Å². The number of aromatic nitrogens is 6. The maximum Gasteiger partial charge on any atom is 0.490 e. The third kappa shape index (κ3) is 22.7. The highest BCUT2D eigenvalue weighted by Gasteiger charge is 2.60. The number of H-pyrrole nitrogens is 3. The Morgan fingerprint density at radius 1 is 0.433 bits per heavy atom. The molecule has 3 fully saturated rings. The highest BCUT2D eigenvalue weighted by Crippen LogP contribution is 2.69. The minimum absolute atomic E-state index is 0.00449. The summed E-state index contributed by atoms with van der Waals surface area (Å²) in [5.41, 5.74) is -7.04. The molecule has 21 N–H and O–H groups in total. The Kier molecular flexibility index (Phi) is 22.1. The molecule has 90 heavy (non-hydrogen) atoms. The van der Waals surface area contributed by atoms with Crippen molar-refractivity contribution >= 4 is 70.4 Å². The van der Waals surface area contributed by atoms with Gasteiger partial charge in [0.25, 0.3) is 34.2 Å². The molecule has 6 rings (SSSR count). The number of hydrogen-bond acceptors (Lipinski definition) is 33. The summed E-state index contributed by atoms with van der Waals surface area (Å²) in [4.78, 5) is 180. The number of nitrogens with zero attached hydrogens (tertiary/aromatic N) is 3. The van der Waals surface area contributed by atoms with Gasteiger partial charge in [0.05, 0.1) is 8.22 Å². The first-order chi connectivity index (χ1) is 42.6. The van der Waals surface area contributed by atoms with Crippen LogP contribution in [-0.2, 0) is 94.7 Å². The second-order valence-corrected chi connectivity index (χ2v) is 29.2. The van der Waals surface area contributed by atoms with Gasteiger partial charge >= 0.3 is 87.5 Å². The van der Waals surface area contributed by atoms with Crippen molar-refractivity contribution in [2.24, 2.45) is 0 Å². The summed E-state index contributed by atoms with van der Waals surface area (Å²) in [7, 11) is -53.9. The van der Waals surface area contributed by atoms with Crippen molar-refractivity contribution < 1.29 is 205 Å². The minimum Gasteiger partial charge on any atom is -0.385 e. The van der Waals surface area contributed by atoms with E-state index in [2.05, 4.69) is 53.6 Å². The highest BCUT2D eigenvalue weighted by molar-refractivity contribution is 7.67. The van der Waals surface area contributed by atoms with E-state index in [1.54, 1.807) is 15.0 Å². The highest BCUT2D eigenvalue weighted by atomic mass is 31.3. The predicted molar refractivity (Wildman–Crippen MR) is 261 cm³/mol. The summed E-state index contributed by atoms with van der Waals surface area (Å²) in [6.45, 7) is -10.6. The number of nitrogens with one attached hydrogen (secondary N) is 3. The molecule has 0 radical (unpaired) electrons. The second kappa shape index (κ2) is 28.6. The zero-order valence-corrected chi connectivity index (χ0v) is 49.8. The van der Waals surface area contributed by atoms with E-state index >= 15 is 8.78 Å². The number of hydrogen-bond donors (Lipinski definition) is 21. The van der Waals surface area contributed by atoms with Gasteiger partial charge in [-0.2, -0.15) is 25.9 Å². The van der Waals surface area contributed by atoms with Crippen LogP contribution in [0.25, 0.3) is 0 Å². The van der Waals surface area contributed by atoms with Crippen molar-refractivity contribution in [2.45, 2.75) is 72.8 Å². The summed E-state index contributed by atoms with van der Waals surface area (Å²) in [6, 6.07) is 1.99. The number of alkyl halides is 3. The van der Waals surface area contributed by atoms with Crippen LogP contribution in [0.1, 0.15) is 26.9 Å². The van der Waals surface area contributed by atoms with Gasteiger partial charge < -0.3 is 104 Å². The molecule has 3 aromatic rings. The summed E-state index contributed by atoms with van der Waals surface area (Å²) >= 11 is 0. The number of halogens is 3. The average molecular weight is 1510 g/mol. The number of phosphoric acid groups is 9. The normalized spacial score (nSPS) is 34.2.